The predicted octanol–water partition coefficient (Wildman–Crippen LogP) is 4.09. The van der Waals surface area contributed by atoms with Crippen LogP contribution in [0.3, 0.4) is 0 Å². The van der Waals surface area contributed by atoms with Gasteiger partial charge in [0.05, 0.1) is 5.69 Å². The third-order valence-corrected chi connectivity index (χ3v) is 5.38. The van der Waals surface area contributed by atoms with Gasteiger partial charge in [0.2, 0.25) is 0 Å². The highest BCUT2D eigenvalue weighted by Gasteiger charge is 2.23. The molecule has 1 aromatic carbocycles. The van der Waals surface area contributed by atoms with Gasteiger partial charge in [-0.2, -0.15) is 11.3 Å². The Labute approximate surface area is 160 Å². The highest BCUT2D eigenvalue weighted by Crippen LogP contribution is 2.22. The first-order chi connectivity index (χ1) is 13.0. The minimum absolute atomic E-state index is 0.0646. The number of nitrogens with zero attached hydrogens (tertiary/aromatic N) is 1. The number of urea groups is 1. The van der Waals surface area contributed by atoms with Crippen LogP contribution in [0.25, 0.3) is 0 Å². The number of thiophene rings is 1. The Bertz CT molecular complexity index is 790. The van der Waals surface area contributed by atoms with Crippen molar-refractivity contribution in [2.24, 2.45) is 5.92 Å². The average Bonchev–Trinajstić information content (AvgIpc) is 3.20. The lowest BCUT2D eigenvalue weighted by Crippen LogP contribution is -2.41. The Kier molecular flexibility index (Phi) is 6.39. The summed E-state index contributed by atoms with van der Waals surface area (Å²) in [6.07, 6.45) is 2.48. The lowest BCUT2D eigenvalue weighted by atomic mass is 9.93. The van der Waals surface area contributed by atoms with Gasteiger partial charge >= 0.3 is 6.03 Å². The van der Waals surface area contributed by atoms with Crippen LogP contribution in [0.5, 0.6) is 0 Å². The second kappa shape index (κ2) is 8.94. The first-order valence-electron chi connectivity index (χ1n) is 8.84. The highest BCUT2D eigenvalue weighted by atomic mass is 32.1. The molecule has 1 aliphatic rings. The van der Waals surface area contributed by atoms with E-state index in [1.54, 1.807) is 11.0 Å². The summed E-state index contributed by atoms with van der Waals surface area (Å²) in [5.74, 6) is -0.913. The number of amides is 3. The van der Waals surface area contributed by atoms with E-state index in [4.69, 9.17) is 0 Å². The molecule has 1 saturated heterocycles. The van der Waals surface area contributed by atoms with Crippen molar-refractivity contribution in [3.8, 4) is 0 Å². The van der Waals surface area contributed by atoms with Crippen LogP contribution in [0, 0.1) is 17.6 Å². The summed E-state index contributed by atoms with van der Waals surface area (Å²) < 4.78 is 26.8. The van der Waals surface area contributed by atoms with Gasteiger partial charge in [-0.1, -0.05) is 0 Å². The van der Waals surface area contributed by atoms with Gasteiger partial charge in [-0.25, -0.2) is 13.6 Å². The second-order valence-corrected chi connectivity index (χ2v) is 7.32. The summed E-state index contributed by atoms with van der Waals surface area (Å²) in [4.78, 5) is 25.7. The van der Waals surface area contributed by atoms with E-state index < -0.39 is 17.7 Å². The number of halogens is 2. The molecule has 2 N–H and O–H groups in total. The van der Waals surface area contributed by atoms with Gasteiger partial charge < -0.3 is 15.5 Å². The van der Waals surface area contributed by atoms with E-state index in [0.717, 1.165) is 37.5 Å². The lowest BCUT2D eigenvalue weighted by Gasteiger charge is -2.32. The molecular weight excluding hydrogens is 372 g/mol. The molecule has 3 rings (SSSR count). The van der Waals surface area contributed by atoms with E-state index in [-0.39, 0.29) is 11.6 Å². The zero-order valence-corrected chi connectivity index (χ0v) is 15.5. The molecule has 8 heteroatoms. The van der Waals surface area contributed by atoms with Gasteiger partial charge in [0.1, 0.15) is 11.6 Å². The first-order valence-corrected chi connectivity index (χ1v) is 9.78. The number of nitrogens with one attached hydrogen (secondary N) is 2. The van der Waals surface area contributed by atoms with Gasteiger partial charge in [-0.15, -0.1) is 0 Å². The summed E-state index contributed by atoms with van der Waals surface area (Å²) in [5, 5.41) is 9.01. The van der Waals surface area contributed by atoms with Crippen molar-refractivity contribution in [1.82, 2.24) is 10.2 Å². The van der Waals surface area contributed by atoms with Gasteiger partial charge in [0, 0.05) is 36.6 Å². The molecule has 0 saturated carbocycles. The predicted molar refractivity (Wildman–Crippen MR) is 101 cm³/mol. The Morgan fingerprint density at radius 3 is 2.67 bits per heavy atom. The maximum absolute atomic E-state index is 13.6. The highest BCUT2D eigenvalue weighted by molar-refractivity contribution is 7.08. The Morgan fingerprint density at radius 2 is 1.96 bits per heavy atom. The standard InChI is InChI=1S/C19H21F2N3O2S/c20-15-1-2-16(21)17(11-15)23-19(26)24-8-4-13(5-9-24)3-7-22-18(25)14-6-10-27-12-14/h1-2,6,10-13H,3-5,7-9H2,(H,22,25)(H,23,26). The smallest absolute Gasteiger partial charge is 0.321 e. The molecule has 0 atom stereocenters. The van der Waals surface area contributed by atoms with Crippen LogP contribution < -0.4 is 10.6 Å². The zero-order valence-electron chi connectivity index (χ0n) is 14.7. The molecule has 1 aromatic heterocycles. The van der Waals surface area contributed by atoms with Crippen molar-refractivity contribution >= 4 is 29.0 Å². The van der Waals surface area contributed by atoms with Crippen LogP contribution in [0.1, 0.15) is 29.6 Å². The maximum Gasteiger partial charge on any atom is 0.321 e. The first kappa shape index (κ1) is 19.3. The summed E-state index contributed by atoms with van der Waals surface area (Å²) in [5.41, 5.74) is 0.523. The van der Waals surface area contributed by atoms with Gasteiger partial charge in [-0.3, -0.25) is 4.79 Å². The number of rotatable bonds is 5. The van der Waals surface area contributed by atoms with Crippen molar-refractivity contribution in [2.45, 2.75) is 19.3 Å². The molecule has 0 aliphatic carbocycles. The molecule has 2 aromatic rings. The van der Waals surface area contributed by atoms with Crippen LogP contribution in [-0.2, 0) is 0 Å². The summed E-state index contributed by atoms with van der Waals surface area (Å²) in [6.45, 7) is 1.69. The molecule has 0 spiro atoms. The number of likely N-dealkylation sites (tertiary alicyclic amines) is 1. The number of carbonyl (C=O) groups excluding carboxylic acids is 2. The average molecular weight is 393 g/mol. The molecule has 0 radical (unpaired) electrons. The Balaban J connectivity index is 1.40. The van der Waals surface area contributed by atoms with Crippen LogP contribution in [-0.4, -0.2) is 36.5 Å². The topological polar surface area (TPSA) is 61.4 Å². The fourth-order valence-electron chi connectivity index (χ4n) is 3.10. The van der Waals surface area contributed by atoms with Gasteiger partial charge in [0.15, 0.2) is 0 Å². The summed E-state index contributed by atoms with van der Waals surface area (Å²) in [7, 11) is 0. The fraction of sp³-hybridized carbons (Fsp3) is 0.368. The monoisotopic (exact) mass is 393 g/mol. The molecule has 1 aliphatic heterocycles. The number of piperidine rings is 1. The van der Waals surface area contributed by atoms with Crippen LogP contribution in [0.4, 0.5) is 19.3 Å². The van der Waals surface area contributed by atoms with E-state index >= 15 is 0 Å². The third kappa shape index (κ3) is 5.26. The Morgan fingerprint density at radius 1 is 1.19 bits per heavy atom. The third-order valence-electron chi connectivity index (χ3n) is 4.69. The maximum atomic E-state index is 13.6. The van der Waals surface area contributed by atoms with Crippen molar-refractivity contribution in [1.29, 1.82) is 0 Å². The molecule has 3 amide bonds. The summed E-state index contributed by atoms with van der Waals surface area (Å²) >= 11 is 1.49. The SMILES string of the molecule is O=C(NCCC1CCN(C(=O)Nc2cc(F)ccc2F)CC1)c1ccsc1. The van der Waals surface area contributed by atoms with E-state index in [1.807, 2.05) is 10.8 Å². The Hall–Kier alpha value is -2.48. The molecular formula is C19H21F2N3O2S. The summed E-state index contributed by atoms with van der Waals surface area (Å²) in [6, 6.07) is 4.33. The second-order valence-electron chi connectivity index (χ2n) is 6.54. The normalized spacial score (nSPS) is 14.8. The van der Waals surface area contributed by atoms with Crippen molar-refractivity contribution in [3.63, 3.8) is 0 Å². The molecule has 5 nitrogen and oxygen atoms in total. The quantitative estimate of drug-likeness (QED) is 0.804. The fourth-order valence-corrected chi connectivity index (χ4v) is 3.73. The minimum Gasteiger partial charge on any atom is -0.352 e. The van der Waals surface area contributed by atoms with Crippen molar-refractivity contribution in [3.05, 3.63) is 52.2 Å². The zero-order chi connectivity index (χ0) is 19.2. The molecule has 144 valence electrons. The number of carbonyl (C=O) groups is 2. The van der Waals surface area contributed by atoms with Crippen LogP contribution >= 0.6 is 11.3 Å². The molecule has 0 bridgehead atoms. The number of hydrogen-bond acceptors (Lipinski definition) is 3. The molecule has 1 fully saturated rings. The van der Waals surface area contributed by atoms with Gasteiger partial charge in [0.25, 0.3) is 5.91 Å². The molecule has 2 heterocycles. The van der Waals surface area contributed by atoms with E-state index in [0.29, 0.717) is 31.1 Å². The van der Waals surface area contributed by atoms with Crippen LogP contribution in [0.15, 0.2) is 35.0 Å². The number of anilines is 1. The minimum atomic E-state index is -0.666. The lowest BCUT2D eigenvalue weighted by molar-refractivity contribution is 0.0950. The van der Waals surface area contributed by atoms with Gasteiger partial charge in [-0.05, 0) is 48.8 Å². The number of benzene rings is 1. The van der Waals surface area contributed by atoms with Crippen molar-refractivity contribution < 1.29 is 18.4 Å². The van der Waals surface area contributed by atoms with E-state index in [9.17, 15) is 18.4 Å². The largest absolute Gasteiger partial charge is 0.352 e. The molecule has 27 heavy (non-hydrogen) atoms. The van der Waals surface area contributed by atoms with Crippen molar-refractivity contribution in [2.75, 3.05) is 25.0 Å². The van der Waals surface area contributed by atoms with E-state index in [2.05, 4.69) is 10.6 Å². The number of hydrogen-bond donors (Lipinski definition) is 2. The van der Waals surface area contributed by atoms with E-state index in [1.165, 1.54) is 11.3 Å². The molecule has 0 unspecified atom stereocenters. The van der Waals surface area contributed by atoms with Crippen LogP contribution in [0.2, 0.25) is 0 Å².